The molecular formula is C70H120O6. The van der Waals surface area contributed by atoms with Gasteiger partial charge in [0.2, 0.25) is 0 Å². The predicted molar refractivity (Wildman–Crippen MR) is 330 cm³/mol. The Hall–Kier alpha value is -3.67. The number of carbonyl (C=O) groups is 3. The minimum atomic E-state index is -0.791. The van der Waals surface area contributed by atoms with Crippen molar-refractivity contribution in [2.75, 3.05) is 13.2 Å². The summed E-state index contributed by atoms with van der Waals surface area (Å²) in [6.07, 6.45) is 85.6. The highest BCUT2D eigenvalue weighted by atomic mass is 16.6. The van der Waals surface area contributed by atoms with E-state index in [4.69, 9.17) is 14.2 Å². The molecule has 0 heterocycles. The zero-order chi connectivity index (χ0) is 55.0. The van der Waals surface area contributed by atoms with E-state index >= 15 is 0 Å². The van der Waals surface area contributed by atoms with E-state index in [2.05, 4.69) is 118 Å². The van der Waals surface area contributed by atoms with Gasteiger partial charge >= 0.3 is 17.9 Å². The molecule has 76 heavy (non-hydrogen) atoms. The van der Waals surface area contributed by atoms with Crippen LogP contribution in [0.25, 0.3) is 0 Å². The van der Waals surface area contributed by atoms with Gasteiger partial charge in [-0.25, -0.2) is 0 Å². The lowest BCUT2D eigenvalue weighted by Gasteiger charge is -2.18. The Balaban J connectivity index is 4.32. The predicted octanol–water partition coefficient (Wildman–Crippen LogP) is 22.0. The summed E-state index contributed by atoms with van der Waals surface area (Å²) in [5.41, 5.74) is 0. The Morgan fingerprint density at radius 3 is 0.829 bits per heavy atom. The van der Waals surface area contributed by atoms with Gasteiger partial charge in [0.05, 0.1) is 0 Å². The number of rotatable bonds is 58. The van der Waals surface area contributed by atoms with Crippen LogP contribution < -0.4 is 0 Å². The zero-order valence-electron chi connectivity index (χ0n) is 50.0. The first-order chi connectivity index (χ1) is 37.5. The minimum absolute atomic E-state index is 0.0863. The monoisotopic (exact) mass is 1060 g/mol. The average molecular weight is 1060 g/mol. The molecule has 0 bridgehead atoms. The molecule has 0 saturated carbocycles. The molecule has 0 aliphatic carbocycles. The summed E-state index contributed by atoms with van der Waals surface area (Å²) in [6.45, 7) is 6.51. The molecule has 0 aromatic rings. The van der Waals surface area contributed by atoms with E-state index < -0.39 is 6.10 Å². The van der Waals surface area contributed by atoms with Crippen LogP contribution in [-0.4, -0.2) is 37.2 Å². The molecule has 0 aromatic heterocycles. The van der Waals surface area contributed by atoms with E-state index in [1.54, 1.807) is 0 Å². The van der Waals surface area contributed by atoms with Crippen molar-refractivity contribution in [1.82, 2.24) is 0 Å². The van der Waals surface area contributed by atoms with E-state index in [0.29, 0.717) is 19.3 Å². The van der Waals surface area contributed by atoms with Crippen molar-refractivity contribution in [1.29, 1.82) is 0 Å². The molecule has 0 rings (SSSR count). The third-order valence-corrected chi connectivity index (χ3v) is 13.8. The smallest absolute Gasteiger partial charge is 0.306 e. The maximum Gasteiger partial charge on any atom is 0.306 e. The summed E-state index contributed by atoms with van der Waals surface area (Å²) in [5, 5.41) is 0. The third-order valence-electron chi connectivity index (χ3n) is 13.8. The van der Waals surface area contributed by atoms with Crippen molar-refractivity contribution in [2.45, 2.75) is 316 Å². The molecular weight excluding hydrogens is 937 g/mol. The molecule has 0 aliphatic rings. The number of allylic oxidation sites excluding steroid dienone is 16. The van der Waals surface area contributed by atoms with Crippen LogP contribution in [0, 0.1) is 0 Å². The maximum atomic E-state index is 12.9. The molecule has 0 amide bonds. The van der Waals surface area contributed by atoms with E-state index in [9.17, 15) is 14.4 Å². The second kappa shape index (κ2) is 63.9. The van der Waals surface area contributed by atoms with Crippen molar-refractivity contribution < 1.29 is 28.6 Å². The first kappa shape index (κ1) is 72.3. The highest BCUT2D eigenvalue weighted by Crippen LogP contribution is 2.16. The van der Waals surface area contributed by atoms with Gasteiger partial charge in [0.1, 0.15) is 13.2 Å². The molecule has 0 aromatic carbocycles. The van der Waals surface area contributed by atoms with Crippen LogP contribution in [0.5, 0.6) is 0 Å². The highest BCUT2D eigenvalue weighted by molar-refractivity contribution is 5.71. The zero-order valence-corrected chi connectivity index (χ0v) is 50.0. The topological polar surface area (TPSA) is 78.9 Å². The van der Waals surface area contributed by atoms with Gasteiger partial charge in [-0.2, -0.15) is 0 Å². The summed E-state index contributed by atoms with van der Waals surface area (Å²) in [5.74, 6) is -0.914. The quantitative estimate of drug-likeness (QED) is 0.0261. The number of ether oxygens (including phenoxy) is 3. The van der Waals surface area contributed by atoms with Gasteiger partial charge in [-0.15, -0.1) is 0 Å². The fourth-order valence-corrected chi connectivity index (χ4v) is 9.01. The van der Waals surface area contributed by atoms with Crippen molar-refractivity contribution >= 4 is 17.9 Å². The summed E-state index contributed by atoms with van der Waals surface area (Å²) in [7, 11) is 0. The number of carbonyl (C=O) groups excluding carboxylic acids is 3. The molecule has 0 saturated heterocycles. The first-order valence-electron chi connectivity index (χ1n) is 32.2. The van der Waals surface area contributed by atoms with Crippen molar-refractivity contribution in [3.8, 4) is 0 Å². The van der Waals surface area contributed by atoms with Gasteiger partial charge in [-0.3, -0.25) is 14.4 Å². The average Bonchev–Trinajstić information content (AvgIpc) is 3.42. The number of hydrogen-bond acceptors (Lipinski definition) is 6. The molecule has 1 unspecified atom stereocenters. The number of unbranched alkanes of at least 4 members (excludes halogenated alkanes) is 31. The fourth-order valence-electron chi connectivity index (χ4n) is 9.01. The molecule has 0 radical (unpaired) electrons. The van der Waals surface area contributed by atoms with Gasteiger partial charge in [0.25, 0.3) is 0 Å². The number of esters is 3. The van der Waals surface area contributed by atoms with Crippen LogP contribution in [0.3, 0.4) is 0 Å². The van der Waals surface area contributed by atoms with Crippen molar-refractivity contribution in [3.05, 3.63) is 97.2 Å². The maximum absolute atomic E-state index is 12.9. The van der Waals surface area contributed by atoms with E-state index in [1.165, 1.54) is 161 Å². The normalized spacial score (nSPS) is 12.7. The molecule has 0 aliphatic heterocycles. The summed E-state index contributed by atoms with van der Waals surface area (Å²) < 4.78 is 16.9. The number of hydrogen-bond donors (Lipinski definition) is 0. The molecule has 436 valence electrons. The van der Waals surface area contributed by atoms with Crippen LogP contribution in [-0.2, 0) is 28.6 Å². The molecule has 0 N–H and O–H groups in total. The lowest BCUT2D eigenvalue weighted by Crippen LogP contribution is -2.30. The summed E-state index contributed by atoms with van der Waals surface area (Å²) >= 11 is 0. The highest BCUT2D eigenvalue weighted by Gasteiger charge is 2.19. The van der Waals surface area contributed by atoms with E-state index in [-0.39, 0.29) is 31.1 Å². The summed E-state index contributed by atoms with van der Waals surface area (Å²) in [6, 6.07) is 0. The Kier molecular flexibility index (Phi) is 60.8. The van der Waals surface area contributed by atoms with E-state index in [1.807, 2.05) is 0 Å². The van der Waals surface area contributed by atoms with Crippen molar-refractivity contribution in [2.24, 2.45) is 0 Å². The molecule has 6 nitrogen and oxygen atoms in total. The molecule has 0 spiro atoms. The second-order valence-electron chi connectivity index (χ2n) is 21.3. The fraction of sp³-hybridized carbons (Fsp3) is 0.729. The van der Waals surface area contributed by atoms with Gasteiger partial charge in [-0.1, -0.05) is 285 Å². The Bertz CT molecular complexity index is 1490. The SMILES string of the molecule is CC/C=C\C/C=C\C/C=C\C/C=C\C/C=C\C/C=C\C/C=C\CCCCCC(=O)OCC(COC(=O)CCCCCCCCCCCC)OC(=O)CCCCCCCCCCCCC/C=C\CCCCCCCCCC. The van der Waals surface area contributed by atoms with Crippen LogP contribution in [0.1, 0.15) is 310 Å². The second-order valence-corrected chi connectivity index (χ2v) is 21.3. The van der Waals surface area contributed by atoms with Gasteiger partial charge in [-0.05, 0) is 103 Å². The Morgan fingerprint density at radius 1 is 0.276 bits per heavy atom. The molecule has 1 atom stereocenters. The molecule has 6 heteroatoms. The van der Waals surface area contributed by atoms with Gasteiger partial charge < -0.3 is 14.2 Å². The largest absolute Gasteiger partial charge is 0.462 e. The van der Waals surface area contributed by atoms with Crippen LogP contribution in [0.15, 0.2) is 97.2 Å². The lowest BCUT2D eigenvalue weighted by atomic mass is 10.0. The standard InChI is InChI=1S/C70H120O6/c1-4-7-10-13-16-19-22-24-26-28-30-32-34-35-37-38-40-42-44-46-48-51-54-57-60-63-69(72)75-66-67(65-74-68(71)62-59-56-53-50-21-18-15-12-9-6-3)76-70(73)64-61-58-55-52-49-47-45-43-41-39-36-33-31-29-27-25-23-20-17-14-11-8-5-2/h7,10,16,19,24,26,29-32,35,37,40,42,46,48,67H,4-6,8-9,11-15,17-18,20-23,25,27-28,33-34,36,38-39,41,43-45,47,49-66H2,1-3H3/b10-7-,19-16-,26-24-,31-29-,32-30-,37-35-,42-40-,48-46-. The summed E-state index contributed by atoms with van der Waals surface area (Å²) in [4.78, 5) is 38.2. The van der Waals surface area contributed by atoms with Gasteiger partial charge in [0, 0.05) is 19.3 Å². The van der Waals surface area contributed by atoms with Crippen molar-refractivity contribution in [3.63, 3.8) is 0 Å². The Labute approximate surface area is 470 Å². The molecule has 0 fully saturated rings. The third kappa shape index (κ3) is 61.2. The minimum Gasteiger partial charge on any atom is -0.462 e. The Morgan fingerprint density at radius 2 is 0.513 bits per heavy atom. The van der Waals surface area contributed by atoms with Gasteiger partial charge in [0.15, 0.2) is 6.10 Å². The van der Waals surface area contributed by atoms with Crippen LogP contribution >= 0.6 is 0 Å². The van der Waals surface area contributed by atoms with E-state index in [0.717, 1.165) is 109 Å². The lowest BCUT2D eigenvalue weighted by molar-refractivity contribution is -0.167. The van der Waals surface area contributed by atoms with Crippen LogP contribution in [0.2, 0.25) is 0 Å². The first-order valence-corrected chi connectivity index (χ1v) is 32.2. The van der Waals surface area contributed by atoms with Crippen LogP contribution in [0.4, 0.5) is 0 Å².